The maximum Gasteiger partial charge on any atom is 0.170 e. The molecule has 0 amide bonds. The molecular weight excluding hydrogens is 266 g/mol. The van der Waals surface area contributed by atoms with Gasteiger partial charge in [0, 0.05) is 5.56 Å². The van der Waals surface area contributed by atoms with Crippen LogP contribution in [-0.2, 0) is 0 Å². The Morgan fingerprint density at radius 3 is 3.11 bits per heavy atom. The molecule has 4 nitrogen and oxygen atoms in total. The van der Waals surface area contributed by atoms with Gasteiger partial charge in [-0.3, -0.25) is 0 Å². The Kier molecular flexibility index (Phi) is 3.49. The first-order valence-corrected chi connectivity index (χ1v) is 7.36. The lowest BCUT2D eigenvalue weighted by molar-refractivity contribution is 0.265. The molecule has 1 aromatic carbocycles. The Hall–Kier alpha value is -1.11. The first-order chi connectivity index (χ1) is 8.88. The number of para-hydroxylation sites is 1. The first-order valence-electron chi connectivity index (χ1n) is 5.71. The van der Waals surface area contributed by atoms with E-state index in [4.69, 9.17) is 4.74 Å². The number of hydrogen-bond donors (Lipinski definition) is 1. The van der Waals surface area contributed by atoms with Crippen LogP contribution in [0.5, 0.6) is 5.75 Å². The van der Waals surface area contributed by atoms with E-state index in [1.807, 2.05) is 25.2 Å². The van der Waals surface area contributed by atoms with E-state index in [0.29, 0.717) is 11.9 Å². The Morgan fingerprint density at radius 1 is 1.44 bits per heavy atom. The fourth-order valence-corrected chi connectivity index (χ4v) is 4.00. The molecular formula is C12H13N3OS2. The highest BCUT2D eigenvalue weighted by molar-refractivity contribution is 8.01. The van der Waals surface area contributed by atoms with Crippen molar-refractivity contribution in [3.63, 3.8) is 0 Å². The third kappa shape index (κ3) is 2.23. The number of rotatable bonds is 3. The van der Waals surface area contributed by atoms with Crippen molar-refractivity contribution in [3.8, 4) is 5.75 Å². The standard InChI is InChI=1S/C12H13N3OS2/c1-13-11-8-4-2-3-5-9(8)16-6-10(11)17-12-14-7-15-18-12/h2-5,7,10-11,13H,6H2,1H3. The second-order valence-electron chi connectivity index (χ2n) is 3.98. The maximum atomic E-state index is 5.81. The molecule has 0 radical (unpaired) electrons. The van der Waals surface area contributed by atoms with Crippen LogP contribution in [0, 0.1) is 0 Å². The Morgan fingerprint density at radius 2 is 2.33 bits per heavy atom. The van der Waals surface area contributed by atoms with Gasteiger partial charge in [0.05, 0.1) is 11.3 Å². The quantitative estimate of drug-likeness (QED) is 0.934. The molecule has 2 heterocycles. The summed E-state index contributed by atoms with van der Waals surface area (Å²) >= 11 is 3.15. The molecule has 0 saturated heterocycles. The largest absolute Gasteiger partial charge is 0.492 e. The van der Waals surface area contributed by atoms with Crippen molar-refractivity contribution in [2.75, 3.05) is 13.7 Å². The van der Waals surface area contributed by atoms with Gasteiger partial charge in [-0.2, -0.15) is 4.37 Å². The van der Waals surface area contributed by atoms with E-state index in [0.717, 1.165) is 10.1 Å². The maximum absolute atomic E-state index is 5.81. The van der Waals surface area contributed by atoms with Crippen LogP contribution in [0.15, 0.2) is 34.9 Å². The fraction of sp³-hybridized carbons (Fsp3) is 0.333. The molecule has 18 heavy (non-hydrogen) atoms. The smallest absolute Gasteiger partial charge is 0.170 e. The predicted molar refractivity (Wildman–Crippen MR) is 73.3 cm³/mol. The molecule has 0 saturated carbocycles. The van der Waals surface area contributed by atoms with E-state index in [1.54, 1.807) is 18.1 Å². The molecule has 2 aromatic rings. The first kappa shape index (κ1) is 12.0. The number of nitrogens with zero attached hydrogens (tertiary/aromatic N) is 2. The summed E-state index contributed by atoms with van der Waals surface area (Å²) in [5.41, 5.74) is 1.22. The van der Waals surface area contributed by atoms with E-state index < -0.39 is 0 Å². The predicted octanol–water partition coefficient (Wildman–Crippen LogP) is 2.35. The summed E-state index contributed by atoms with van der Waals surface area (Å²) in [6.07, 6.45) is 1.60. The number of benzene rings is 1. The second kappa shape index (κ2) is 5.26. The van der Waals surface area contributed by atoms with Gasteiger partial charge in [0.1, 0.15) is 18.7 Å². The summed E-state index contributed by atoms with van der Waals surface area (Å²) in [5, 5.41) is 3.70. The molecule has 0 fully saturated rings. The van der Waals surface area contributed by atoms with Crippen LogP contribution in [-0.4, -0.2) is 28.3 Å². The molecule has 1 aromatic heterocycles. The average molecular weight is 279 g/mol. The number of hydrogen-bond acceptors (Lipinski definition) is 6. The van der Waals surface area contributed by atoms with Crippen LogP contribution in [0.4, 0.5) is 0 Å². The highest BCUT2D eigenvalue weighted by atomic mass is 32.2. The van der Waals surface area contributed by atoms with Crippen molar-refractivity contribution in [2.24, 2.45) is 0 Å². The monoisotopic (exact) mass is 279 g/mol. The molecule has 3 rings (SSSR count). The highest BCUT2D eigenvalue weighted by Gasteiger charge is 2.31. The lowest BCUT2D eigenvalue weighted by Crippen LogP contribution is -2.35. The van der Waals surface area contributed by atoms with E-state index in [9.17, 15) is 0 Å². The number of thioether (sulfide) groups is 1. The highest BCUT2D eigenvalue weighted by Crippen LogP contribution is 2.39. The van der Waals surface area contributed by atoms with Crippen molar-refractivity contribution in [1.82, 2.24) is 14.7 Å². The van der Waals surface area contributed by atoms with Crippen molar-refractivity contribution >= 4 is 23.3 Å². The number of ether oxygens (including phenoxy) is 1. The summed E-state index contributed by atoms with van der Waals surface area (Å²) in [4.78, 5) is 4.22. The topological polar surface area (TPSA) is 47.0 Å². The Bertz CT molecular complexity index is 518. The van der Waals surface area contributed by atoms with E-state index >= 15 is 0 Å². The van der Waals surface area contributed by atoms with E-state index in [-0.39, 0.29) is 6.04 Å². The molecule has 0 bridgehead atoms. The number of aromatic nitrogens is 2. The Balaban J connectivity index is 1.85. The number of nitrogens with one attached hydrogen (secondary N) is 1. The fourth-order valence-electron chi connectivity index (χ4n) is 2.13. The molecule has 6 heteroatoms. The third-order valence-electron chi connectivity index (χ3n) is 2.93. The van der Waals surface area contributed by atoms with Crippen LogP contribution >= 0.6 is 23.3 Å². The Labute approximate surface area is 114 Å². The minimum atomic E-state index is 0.281. The van der Waals surface area contributed by atoms with E-state index in [2.05, 4.69) is 20.7 Å². The molecule has 2 unspecified atom stereocenters. The van der Waals surface area contributed by atoms with Crippen molar-refractivity contribution in [1.29, 1.82) is 0 Å². The lowest BCUT2D eigenvalue weighted by atomic mass is 10.0. The summed E-state index contributed by atoms with van der Waals surface area (Å²) in [6.45, 7) is 0.687. The van der Waals surface area contributed by atoms with Crippen LogP contribution < -0.4 is 10.1 Å². The lowest BCUT2D eigenvalue weighted by Gasteiger charge is -2.32. The molecule has 2 atom stereocenters. The molecule has 0 spiro atoms. The van der Waals surface area contributed by atoms with Crippen molar-refractivity contribution < 1.29 is 4.74 Å². The van der Waals surface area contributed by atoms with Gasteiger partial charge in [-0.1, -0.05) is 30.0 Å². The molecule has 1 aliphatic rings. The van der Waals surface area contributed by atoms with Gasteiger partial charge in [-0.15, -0.1) is 0 Å². The number of fused-ring (bicyclic) bond motifs is 1. The van der Waals surface area contributed by atoms with E-state index in [1.165, 1.54) is 17.1 Å². The molecule has 0 aliphatic carbocycles. The van der Waals surface area contributed by atoms with Gasteiger partial charge in [0.15, 0.2) is 4.34 Å². The van der Waals surface area contributed by atoms with Gasteiger partial charge < -0.3 is 10.1 Å². The summed E-state index contributed by atoms with van der Waals surface area (Å²) in [7, 11) is 1.99. The minimum Gasteiger partial charge on any atom is -0.492 e. The minimum absolute atomic E-state index is 0.281. The third-order valence-corrected chi connectivity index (χ3v) is 4.92. The van der Waals surface area contributed by atoms with Gasteiger partial charge >= 0.3 is 0 Å². The zero-order valence-corrected chi connectivity index (χ0v) is 11.5. The van der Waals surface area contributed by atoms with Crippen LogP contribution in [0.3, 0.4) is 0 Å². The van der Waals surface area contributed by atoms with Gasteiger partial charge in [0.25, 0.3) is 0 Å². The summed E-state index contributed by atoms with van der Waals surface area (Å²) in [5.74, 6) is 0.978. The van der Waals surface area contributed by atoms with Gasteiger partial charge in [0.2, 0.25) is 0 Å². The summed E-state index contributed by atoms with van der Waals surface area (Å²) in [6, 6.07) is 8.46. The SMILES string of the molecule is CNC1c2ccccc2OCC1Sc1ncns1. The van der Waals surface area contributed by atoms with Crippen molar-refractivity contribution in [3.05, 3.63) is 36.2 Å². The summed E-state index contributed by atoms with van der Waals surface area (Å²) < 4.78 is 10.8. The zero-order chi connectivity index (χ0) is 12.4. The van der Waals surface area contributed by atoms with Crippen LogP contribution in [0.25, 0.3) is 0 Å². The van der Waals surface area contributed by atoms with Gasteiger partial charge in [-0.05, 0) is 24.6 Å². The molecule has 1 N–H and O–H groups in total. The normalized spacial score (nSPS) is 22.3. The molecule has 1 aliphatic heterocycles. The van der Waals surface area contributed by atoms with Gasteiger partial charge in [-0.25, -0.2) is 4.98 Å². The average Bonchev–Trinajstić information content (AvgIpc) is 2.91. The second-order valence-corrected chi connectivity index (χ2v) is 6.25. The zero-order valence-electron chi connectivity index (χ0n) is 9.87. The molecule has 94 valence electrons. The van der Waals surface area contributed by atoms with Crippen LogP contribution in [0.2, 0.25) is 0 Å². The van der Waals surface area contributed by atoms with Crippen LogP contribution in [0.1, 0.15) is 11.6 Å². The van der Waals surface area contributed by atoms with Crippen molar-refractivity contribution in [2.45, 2.75) is 15.6 Å².